The number of amides is 1. The number of rotatable bonds is 7. The minimum absolute atomic E-state index is 0.0987. The van der Waals surface area contributed by atoms with Gasteiger partial charge in [0.05, 0.1) is 5.69 Å². The summed E-state index contributed by atoms with van der Waals surface area (Å²) < 4.78 is 12.8. The zero-order chi connectivity index (χ0) is 22.5. The number of aryl methyl sites for hydroxylation is 2. The van der Waals surface area contributed by atoms with Gasteiger partial charge in [0.15, 0.2) is 6.61 Å². The van der Waals surface area contributed by atoms with Gasteiger partial charge in [0.2, 0.25) is 0 Å². The summed E-state index contributed by atoms with van der Waals surface area (Å²) in [4.78, 5) is 29.0. The van der Waals surface area contributed by atoms with Crippen LogP contribution in [0.1, 0.15) is 16.8 Å². The molecule has 0 atom stereocenters. The van der Waals surface area contributed by atoms with E-state index in [1.807, 2.05) is 50.2 Å². The maximum absolute atomic E-state index is 12.3. The van der Waals surface area contributed by atoms with Gasteiger partial charge in [-0.05, 0) is 55.8 Å². The van der Waals surface area contributed by atoms with Crippen molar-refractivity contribution in [1.82, 2.24) is 9.38 Å². The van der Waals surface area contributed by atoms with Crippen molar-refractivity contribution in [1.29, 1.82) is 0 Å². The van der Waals surface area contributed by atoms with E-state index >= 15 is 0 Å². The van der Waals surface area contributed by atoms with Gasteiger partial charge < -0.3 is 14.8 Å². The number of benzene rings is 2. The largest absolute Gasteiger partial charge is 0.487 e. The number of carbonyl (C=O) groups is 1. The van der Waals surface area contributed by atoms with E-state index in [9.17, 15) is 9.59 Å². The van der Waals surface area contributed by atoms with E-state index in [1.54, 1.807) is 30.5 Å². The number of anilines is 1. The summed E-state index contributed by atoms with van der Waals surface area (Å²) in [7, 11) is 0. The molecule has 0 saturated carbocycles. The molecule has 162 valence electrons. The minimum atomic E-state index is -0.276. The molecule has 0 unspecified atom stereocenters. The third-order valence-corrected chi connectivity index (χ3v) is 4.77. The van der Waals surface area contributed by atoms with E-state index in [0.717, 1.165) is 11.1 Å². The summed E-state index contributed by atoms with van der Waals surface area (Å²) in [6.07, 6.45) is 1.71. The molecule has 0 saturated heterocycles. The summed E-state index contributed by atoms with van der Waals surface area (Å²) >= 11 is 0. The second-order valence-electron chi connectivity index (χ2n) is 7.48. The molecule has 7 heteroatoms. The lowest BCUT2D eigenvalue weighted by molar-refractivity contribution is -0.118. The fourth-order valence-electron chi connectivity index (χ4n) is 3.13. The van der Waals surface area contributed by atoms with Gasteiger partial charge in [0.25, 0.3) is 11.5 Å². The van der Waals surface area contributed by atoms with E-state index in [0.29, 0.717) is 28.5 Å². The van der Waals surface area contributed by atoms with Gasteiger partial charge in [-0.15, -0.1) is 0 Å². The number of hydrogen-bond donors (Lipinski definition) is 1. The number of nitrogens with zero attached hydrogens (tertiary/aromatic N) is 2. The molecule has 32 heavy (non-hydrogen) atoms. The predicted molar refractivity (Wildman–Crippen MR) is 122 cm³/mol. The van der Waals surface area contributed by atoms with Gasteiger partial charge in [-0.2, -0.15) is 0 Å². The normalized spacial score (nSPS) is 10.7. The van der Waals surface area contributed by atoms with Crippen molar-refractivity contribution in [3.8, 4) is 11.5 Å². The van der Waals surface area contributed by atoms with Gasteiger partial charge >= 0.3 is 0 Å². The van der Waals surface area contributed by atoms with Crippen LogP contribution in [0.5, 0.6) is 11.5 Å². The molecule has 2 aromatic carbocycles. The van der Waals surface area contributed by atoms with Crippen LogP contribution in [-0.2, 0) is 11.4 Å². The molecule has 0 aliphatic heterocycles. The van der Waals surface area contributed by atoms with Gasteiger partial charge in [-0.25, -0.2) is 4.98 Å². The molecular formula is C25H23N3O4. The van der Waals surface area contributed by atoms with Crippen molar-refractivity contribution >= 4 is 17.2 Å². The average molecular weight is 429 g/mol. The van der Waals surface area contributed by atoms with Crippen LogP contribution in [0.25, 0.3) is 5.65 Å². The molecular weight excluding hydrogens is 406 g/mol. The van der Waals surface area contributed by atoms with Crippen molar-refractivity contribution in [2.75, 3.05) is 11.9 Å². The topological polar surface area (TPSA) is 81.9 Å². The molecule has 2 aromatic heterocycles. The summed E-state index contributed by atoms with van der Waals surface area (Å²) in [5, 5.41) is 2.79. The van der Waals surface area contributed by atoms with E-state index in [-0.39, 0.29) is 24.7 Å². The van der Waals surface area contributed by atoms with Crippen molar-refractivity contribution in [2.24, 2.45) is 0 Å². The van der Waals surface area contributed by atoms with Crippen LogP contribution in [0, 0.1) is 13.8 Å². The van der Waals surface area contributed by atoms with E-state index in [4.69, 9.17) is 9.47 Å². The van der Waals surface area contributed by atoms with Gasteiger partial charge in [0, 0.05) is 24.0 Å². The van der Waals surface area contributed by atoms with Crippen molar-refractivity contribution < 1.29 is 14.3 Å². The van der Waals surface area contributed by atoms with Gasteiger partial charge in [-0.3, -0.25) is 14.0 Å². The van der Waals surface area contributed by atoms with E-state index < -0.39 is 0 Å². The Morgan fingerprint density at radius 1 is 0.938 bits per heavy atom. The monoisotopic (exact) mass is 429 g/mol. The standard InChI is InChI=1S/C25H23N3O4/c1-17-6-8-21(9-7-17)32-16-24(29)27-19-4-3-5-22(13-19)31-15-20-14-25(30)28-11-10-18(2)12-23(28)26-20/h3-14H,15-16H2,1-2H3,(H,27,29). The molecule has 0 fully saturated rings. The second-order valence-corrected chi connectivity index (χ2v) is 7.48. The first kappa shape index (κ1) is 21.1. The number of carbonyl (C=O) groups excluding carboxylic acids is 1. The Kier molecular flexibility index (Phi) is 6.17. The number of hydrogen-bond acceptors (Lipinski definition) is 5. The highest BCUT2D eigenvalue weighted by atomic mass is 16.5. The molecule has 0 bridgehead atoms. The highest BCUT2D eigenvalue weighted by Gasteiger charge is 2.07. The van der Waals surface area contributed by atoms with Crippen LogP contribution in [0.3, 0.4) is 0 Å². The number of fused-ring (bicyclic) bond motifs is 1. The van der Waals surface area contributed by atoms with E-state index in [2.05, 4.69) is 10.3 Å². The molecule has 0 aliphatic rings. The zero-order valence-corrected chi connectivity index (χ0v) is 17.9. The predicted octanol–water partition coefficient (Wildman–Crippen LogP) is 3.91. The Morgan fingerprint density at radius 2 is 1.75 bits per heavy atom. The molecule has 1 amide bonds. The lowest BCUT2D eigenvalue weighted by Crippen LogP contribution is -2.20. The quantitative estimate of drug-likeness (QED) is 0.482. The molecule has 1 N–H and O–H groups in total. The maximum Gasteiger partial charge on any atom is 0.262 e. The van der Waals surface area contributed by atoms with Gasteiger partial charge in [-0.1, -0.05) is 23.8 Å². The fourth-order valence-corrected chi connectivity index (χ4v) is 3.13. The minimum Gasteiger partial charge on any atom is -0.487 e. The molecule has 2 heterocycles. The number of ether oxygens (including phenoxy) is 2. The van der Waals surface area contributed by atoms with Crippen LogP contribution < -0.4 is 20.3 Å². The second kappa shape index (κ2) is 9.34. The Bertz CT molecular complexity index is 1310. The van der Waals surface area contributed by atoms with E-state index in [1.165, 1.54) is 10.5 Å². The maximum atomic E-state index is 12.3. The first-order valence-corrected chi connectivity index (χ1v) is 10.2. The van der Waals surface area contributed by atoms with Crippen LogP contribution >= 0.6 is 0 Å². The zero-order valence-electron chi connectivity index (χ0n) is 17.9. The lowest BCUT2D eigenvalue weighted by Gasteiger charge is -2.10. The summed E-state index contributed by atoms with van der Waals surface area (Å²) in [6.45, 7) is 3.97. The SMILES string of the molecule is Cc1ccc(OCC(=O)Nc2cccc(OCc3cc(=O)n4ccc(C)cc4n3)c2)cc1. The van der Waals surface area contributed by atoms with Crippen molar-refractivity contribution in [3.05, 3.63) is 100 Å². The smallest absolute Gasteiger partial charge is 0.262 e. The summed E-state index contributed by atoms with van der Waals surface area (Å²) in [6, 6.07) is 19.7. The molecule has 0 aliphatic carbocycles. The Balaban J connectivity index is 1.36. The molecule has 7 nitrogen and oxygen atoms in total. The third-order valence-electron chi connectivity index (χ3n) is 4.77. The van der Waals surface area contributed by atoms with Crippen molar-refractivity contribution in [2.45, 2.75) is 20.5 Å². The highest BCUT2D eigenvalue weighted by molar-refractivity contribution is 5.92. The number of pyridine rings is 1. The average Bonchev–Trinajstić information content (AvgIpc) is 2.77. The Hall–Kier alpha value is -4.13. The molecule has 0 radical (unpaired) electrons. The highest BCUT2D eigenvalue weighted by Crippen LogP contribution is 2.19. The van der Waals surface area contributed by atoms with Gasteiger partial charge in [0.1, 0.15) is 23.8 Å². The third kappa shape index (κ3) is 5.31. The lowest BCUT2D eigenvalue weighted by atomic mass is 10.2. The first-order chi connectivity index (χ1) is 15.5. The Labute approximate surface area is 185 Å². The Morgan fingerprint density at radius 3 is 2.56 bits per heavy atom. The van der Waals surface area contributed by atoms with Crippen LogP contribution in [0.2, 0.25) is 0 Å². The van der Waals surface area contributed by atoms with Crippen molar-refractivity contribution in [3.63, 3.8) is 0 Å². The van der Waals surface area contributed by atoms with Crippen LogP contribution in [0.15, 0.2) is 77.7 Å². The van der Waals surface area contributed by atoms with Crippen LogP contribution in [0.4, 0.5) is 5.69 Å². The fraction of sp³-hybridized carbons (Fsp3) is 0.160. The molecule has 4 rings (SSSR count). The summed E-state index contributed by atoms with van der Waals surface area (Å²) in [5.41, 5.74) is 3.67. The first-order valence-electron chi connectivity index (χ1n) is 10.2. The molecule has 0 spiro atoms. The summed E-state index contributed by atoms with van der Waals surface area (Å²) in [5.74, 6) is 0.910. The number of nitrogens with one attached hydrogen (secondary N) is 1. The van der Waals surface area contributed by atoms with Crippen LogP contribution in [-0.4, -0.2) is 21.9 Å². The number of aromatic nitrogens is 2. The molecule has 4 aromatic rings.